The largest absolute Gasteiger partial charge is 0.478 e. The third-order valence-corrected chi connectivity index (χ3v) is 7.09. The maximum Gasteiger partial charge on any atom is 0.337 e. The molecule has 34 heavy (non-hydrogen) atoms. The van der Waals surface area contributed by atoms with Gasteiger partial charge >= 0.3 is 5.97 Å². The van der Waals surface area contributed by atoms with Gasteiger partial charge in [0.15, 0.2) is 0 Å². The number of aromatic carboxylic acids is 1. The molecule has 0 aliphatic carbocycles. The van der Waals surface area contributed by atoms with E-state index in [9.17, 15) is 27.5 Å². The fourth-order valence-electron chi connectivity index (χ4n) is 3.79. The number of nitrogens with one attached hydrogen (secondary N) is 2. The number of carbonyl (C=O) groups is 2. The van der Waals surface area contributed by atoms with Crippen molar-refractivity contribution in [3.63, 3.8) is 0 Å². The van der Waals surface area contributed by atoms with Crippen molar-refractivity contribution in [2.75, 3.05) is 48.9 Å². The smallest absolute Gasteiger partial charge is 0.337 e. The molecule has 1 aliphatic heterocycles. The SMILES string of the molecule is CCCNC(=O)CN1CCN(c2ccc(NS(=O)(=O)c3cc(F)ccc3C)cc2C(=O)O)CC1. The normalized spacial score (nSPS) is 14.6. The Morgan fingerprint density at radius 1 is 1.09 bits per heavy atom. The molecule has 1 heterocycles. The van der Waals surface area contributed by atoms with E-state index in [1.54, 1.807) is 13.0 Å². The summed E-state index contributed by atoms with van der Waals surface area (Å²) in [6.45, 7) is 6.68. The molecule has 2 aromatic carbocycles. The monoisotopic (exact) mass is 492 g/mol. The topological polar surface area (TPSA) is 119 Å². The zero-order valence-corrected chi connectivity index (χ0v) is 20.0. The molecule has 0 saturated carbocycles. The number of carbonyl (C=O) groups excluding carboxylic acids is 1. The van der Waals surface area contributed by atoms with Crippen molar-refractivity contribution in [3.05, 3.63) is 53.3 Å². The highest BCUT2D eigenvalue weighted by molar-refractivity contribution is 7.92. The van der Waals surface area contributed by atoms with E-state index >= 15 is 0 Å². The molecule has 0 radical (unpaired) electrons. The Morgan fingerprint density at radius 3 is 2.44 bits per heavy atom. The van der Waals surface area contributed by atoms with E-state index in [2.05, 4.69) is 10.0 Å². The van der Waals surface area contributed by atoms with Gasteiger partial charge in [-0.1, -0.05) is 13.0 Å². The van der Waals surface area contributed by atoms with Gasteiger partial charge in [-0.15, -0.1) is 0 Å². The highest BCUT2D eigenvalue weighted by Gasteiger charge is 2.24. The van der Waals surface area contributed by atoms with E-state index in [-0.39, 0.29) is 22.1 Å². The molecular weight excluding hydrogens is 463 g/mol. The Hall–Kier alpha value is -3.18. The Balaban J connectivity index is 1.74. The summed E-state index contributed by atoms with van der Waals surface area (Å²) >= 11 is 0. The van der Waals surface area contributed by atoms with Gasteiger partial charge in [0.05, 0.1) is 22.7 Å². The lowest BCUT2D eigenvalue weighted by atomic mass is 10.1. The first-order chi connectivity index (χ1) is 16.1. The Bertz CT molecular complexity index is 1160. The van der Waals surface area contributed by atoms with E-state index in [0.29, 0.717) is 50.5 Å². The summed E-state index contributed by atoms with van der Waals surface area (Å²) in [7, 11) is -4.11. The van der Waals surface area contributed by atoms with Gasteiger partial charge in [0, 0.05) is 38.4 Å². The minimum atomic E-state index is -4.11. The Morgan fingerprint density at radius 2 is 1.79 bits per heavy atom. The predicted molar refractivity (Wildman–Crippen MR) is 127 cm³/mol. The number of carboxylic acids is 1. The molecule has 3 rings (SSSR count). The van der Waals surface area contributed by atoms with Crippen molar-refractivity contribution >= 4 is 33.3 Å². The summed E-state index contributed by atoms with van der Waals surface area (Å²) < 4.78 is 41.5. The number of rotatable bonds is 9. The first-order valence-electron chi connectivity index (χ1n) is 11.0. The molecule has 0 spiro atoms. The van der Waals surface area contributed by atoms with Crippen molar-refractivity contribution in [2.45, 2.75) is 25.2 Å². The first kappa shape index (κ1) is 25.4. The molecule has 11 heteroatoms. The van der Waals surface area contributed by atoms with Crippen LogP contribution in [0, 0.1) is 12.7 Å². The van der Waals surface area contributed by atoms with E-state index in [4.69, 9.17) is 0 Å². The van der Waals surface area contributed by atoms with Crippen LogP contribution in [0.4, 0.5) is 15.8 Å². The molecule has 184 valence electrons. The molecule has 3 N–H and O–H groups in total. The number of hydrogen-bond donors (Lipinski definition) is 3. The Labute approximate surface area is 198 Å². The number of nitrogens with zero attached hydrogens (tertiary/aromatic N) is 2. The van der Waals surface area contributed by atoms with Gasteiger partial charge in [0.25, 0.3) is 10.0 Å². The third kappa shape index (κ3) is 6.23. The predicted octanol–water partition coefficient (Wildman–Crippen LogP) is 2.28. The molecule has 9 nitrogen and oxygen atoms in total. The van der Waals surface area contributed by atoms with Crippen molar-refractivity contribution in [1.82, 2.24) is 10.2 Å². The number of benzene rings is 2. The summed E-state index contributed by atoms with van der Waals surface area (Å²) in [5.74, 6) is -1.92. The van der Waals surface area contributed by atoms with Gasteiger partial charge < -0.3 is 15.3 Å². The third-order valence-electron chi connectivity index (χ3n) is 5.57. The number of aryl methyl sites for hydroxylation is 1. The van der Waals surface area contributed by atoms with Gasteiger partial charge in [0.1, 0.15) is 5.82 Å². The molecule has 0 unspecified atom stereocenters. The van der Waals surface area contributed by atoms with Crippen LogP contribution in [-0.4, -0.2) is 69.6 Å². The van der Waals surface area contributed by atoms with Crippen LogP contribution in [-0.2, 0) is 14.8 Å². The minimum absolute atomic E-state index is 0.0355. The van der Waals surface area contributed by atoms with Gasteiger partial charge in [-0.25, -0.2) is 17.6 Å². The molecule has 2 aromatic rings. The lowest BCUT2D eigenvalue weighted by Gasteiger charge is -2.36. The van der Waals surface area contributed by atoms with E-state index in [1.165, 1.54) is 24.3 Å². The second kappa shape index (κ2) is 10.8. The maximum atomic E-state index is 13.6. The first-order valence-corrected chi connectivity index (χ1v) is 12.5. The fraction of sp³-hybridized carbons (Fsp3) is 0.391. The highest BCUT2D eigenvalue weighted by Crippen LogP contribution is 2.28. The standard InChI is InChI=1S/C23H29FN4O5S/c1-3-8-25-22(29)15-27-9-11-28(12-10-27)20-7-6-18(14-19(20)23(30)31)26-34(32,33)21-13-17(24)5-4-16(21)2/h4-7,13-14,26H,3,8-12,15H2,1-2H3,(H,25,29)(H,30,31). The van der Waals surface area contributed by atoms with Gasteiger partial charge in [-0.05, 0) is 49.2 Å². The number of piperazine rings is 1. The quantitative estimate of drug-likeness (QED) is 0.491. The van der Waals surface area contributed by atoms with Gasteiger partial charge in [-0.3, -0.25) is 14.4 Å². The summed E-state index contributed by atoms with van der Waals surface area (Å²) in [5, 5.41) is 12.6. The van der Waals surface area contributed by atoms with Crippen LogP contribution in [0.25, 0.3) is 0 Å². The summed E-state index contributed by atoms with van der Waals surface area (Å²) in [5.41, 5.74) is 0.846. The molecule has 0 bridgehead atoms. The van der Waals surface area contributed by atoms with Crippen LogP contribution in [0.3, 0.4) is 0 Å². The molecule has 1 amide bonds. The zero-order valence-electron chi connectivity index (χ0n) is 19.2. The number of amides is 1. The second-order valence-corrected chi connectivity index (χ2v) is 9.82. The summed E-state index contributed by atoms with van der Waals surface area (Å²) in [4.78, 5) is 27.6. The van der Waals surface area contributed by atoms with Crippen LogP contribution >= 0.6 is 0 Å². The zero-order chi connectivity index (χ0) is 24.9. The van der Waals surface area contributed by atoms with Crippen LogP contribution in [0.15, 0.2) is 41.3 Å². The lowest BCUT2D eigenvalue weighted by Crippen LogP contribution is -2.49. The van der Waals surface area contributed by atoms with Crippen molar-refractivity contribution < 1.29 is 27.5 Å². The van der Waals surface area contributed by atoms with E-state index < -0.39 is 21.8 Å². The lowest BCUT2D eigenvalue weighted by molar-refractivity contribution is -0.122. The van der Waals surface area contributed by atoms with E-state index in [1.807, 2.05) is 16.7 Å². The molecule has 0 atom stereocenters. The number of halogens is 1. The van der Waals surface area contributed by atoms with Crippen molar-refractivity contribution in [2.24, 2.45) is 0 Å². The van der Waals surface area contributed by atoms with Crippen LogP contribution in [0.2, 0.25) is 0 Å². The van der Waals surface area contributed by atoms with Crippen molar-refractivity contribution in [1.29, 1.82) is 0 Å². The van der Waals surface area contributed by atoms with Crippen LogP contribution < -0.4 is 14.9 Å². The number of anilines is 2. The number of carboxylic acid groups (broad SMARTS) is 1. The fourth-order valence-corrected chi connectivity index (χ4v) is 5.10. The van der Waals surface area contributed by atoms with E-state index in [0.717, 1.165) is 12.5 Å². The molecule has 0 aromatic heterocycles. The second-order valence-electron chi connectivity index (χ2n) is 8.17. The maximum absolute atomic E-state index is 13.6. The average Bonchev–Trinajstić information content (AvgIpc) is 2.79. The number of sulfonamides is 1. The molecular formula is C23H29FN4O5S. The van der Waals surface area contributed by atoms with Gasteiger partial charge in [-0.2, -0.15) is 0 Å². The highest BCUT2D eigenvalue weighted by atomic mass is 32.2. The number of hydrogen-bond acceptors (Lipinski definition) is 6. The van der Waals surface area contributed by atoms with Crippen LogP contribution in [0.5, 0.6) is 0 Å². The van der Waals surface area contributed by atoms with Crippen LogP contribution in [0.1, 0.15) is 29.3 Å². The summed E-state index contributed by atoms with van der Waals surface area (Å²) in [6, 6.07) is 7.76. The average molecular weight is 493 g/mol. The van der Waals surface area contributed by atoms with Crippen molar-refractivity contribution in [3.8, 4) is 0 Å². The Kier molecular flexibility index (Phi) is 8.11. The van der Waals surface area contributed by atoms with Gasteiger partial charge in [0.2, 0.25) is 5.91 Å². The molecule has 1 aliphatic rings. The molecule has 1 fully saturated rings. The molecule has 1 saturated heterocycles. The minimum Gasteiger partial charge on any atom is -0.478 e. The summed E-state index contributed by atoms with van der Waals surface area (Å²) in [6.07, 6.45) is 0.867.